The average Bonchev–Trinajstić information content (AvgIpc) is 3.16. The molecule has 1 aliphatic carbocycles. The fraction of sp³-hybridized carbons (Fsp3) is 0.786. The summed E-state index contributed by atoms with van der Waals surface area (Å²) in [6.07, 6.45) is 4.71. The van der Waals surface area contributed by atoms with E-state index in [4.69, 9.17) is 9.15 Å². The number of hydrogen-bond donors (Lipinski definition) is 1. The van der Waals surface area contributed by atoms with Gasteiger partial charge >= 0.3 is 6.03 Å². The van der Waals surface area contributed by atoms with Crippen LogP contribution in [0.3, 0.4) is 0 Å². The van der Waals surface area contributed by atoms with Gasteiger partial charge < -0.3 is 19.4 Å². The number of morpholine rings is 1. The number of ether oxygens (including phenoxy) is 1. The monoisotopic (exact) mass is 294 g/mol. The van der Waals surface area contributed by atoms with E-state index in [1.54, 1.807) is 11.8 Å². The third kappa shape index (κ3) is 3.53. The minimum atomic E-state index is -0.322. The third-order valence-electron chi connectivity index (χ3n) is 4.19. The molecule has 116 valence electrons. The predicted molar refractivity (Wildman–Crippen MR) is 74.7 cm³/mol. The highest BCUT2D eigenvalue weighted by Crippen LogP contribution is 2.24. The van der Waals surface area contributed by atoms with Crippen LogP contribution in [0.25, 0.3) is 0 Å². The Hall–Kier alpha value is -1.63. The molecule has 1 atom stereocenters. The van der Waals surface area contributed by atoms with Crippen molar-refractivity contribution in [3.8, 4) is 0 Å². The lowest BCUT2D eigenvalue weighted by molar-refractivity contribution is -0.0292. The van der Waals surface area contributed by atoms with E-state index in [0.29, 0.717) is 37.4 Å². The zero-order chi connectivity index (χ0) is 14.7. The molecule has 1 aromatic rings. The minimum Gasteiger partial charge on any atom is -0.423 e. The summed E-state index contributed by atoms with van der Waals surface area (Å²) in [4.78, 5) is 14.0. The van der Waals surface area contributed by atoms with E-state index in [-0.39, 0.29) is 12.1 Å². The van der Waals surface area contributed by atoms with E-state index in [1.807, 2.05) is 0 Å². The molecule has 21 heavy (non-hydrogen) atoms. The maximum atomic E-state index is 12.2. The molecule has 0 aromatic carbocycles. The van der Waals surface area contributed by atoms with E-state index in [0.717, 1.165) is 6.54 Å². The molecule has 2 fully saturated rings. The molecule has 2 aliphatic rings. The number of urea groups is 1. The van der Waals surface area contributed by atoms with Gasteiger partial charge in [-0.1, -0.05) is 12.8 Å². The van der Waals surface area contributed by atoms with Crippen molar-refractivity contribution in [2.24, 2.45) is 5.92 Å². The van der Waals surface area contributed by atoms with Gasteiger partial charge in [0.15, 0.2) is 6.10 Å². The van der Waals surface area contributed by atoms with Gasteiger partial charge in [0.25, 0.3) is 0 Å². The fourth-order valence-electron chi connectivity index (χ4n) is 2.98. The van der Waals surface area contributed by atoms with Crippen LogP contribution < -0.4 is 5.32 Å². The van der Waals surface area contributed by atoms with E-state index in [2.05, 4.69) is 15.5 Å². The third-order valence-corrected chi connectivity index (χ3v) is 4.19. The molecule has 2 heterocycles. The van der Waals surface area contributed by atoms with Crippen molar-refractivity contribution >= 4 is 6.03 Å². The predicted octanol–water partition coefficient (Wildman–Crippen LogP) is 1.65. The standard InChI is InChI=1S/C14H22N4O3/c1-10-16-17-13(21-10)12-9-18(6-7-20-12)14(19)15-8-11-4-2-3-5-11/h11-12H,2-9H2,1H3,(H,15,19). The molecule has 3 rings (SSSR count). The Morgan fingerprint density at radius 2 is 2.19 bits per heavy atom. The van der Waals surface area contributed by atoms with Crippen LogP contribution >= 0.6 is 0 Å². The number of amides is 2. The second kappa shape index (κ2) is 6.43. The Kier molecular flexibility index (Phi) is 4.38. The first-order valence-corrected chi connectivity index (χ1v) is 7.67. The van der Waals surface area contributed by atoms with E-state index in [1.165, 1.54) is 25.7 Å². The maximum Gasteiger partial charge on any atom is 0.317 e. The van der Waals surface area contributed by atoms with Crippen molar-refractivity contribution < 1.29 is 13.9 Å². The quantitative estimate of drug-likeness (QED) is 0.917. The van der Waals surface area contributed by atoms with Gasteiger partial charge in [0.1, 0.15) is 0 Å². The van der Waals surface area contributed by atoms with Crippen LogP contribution in [0.4, 0.5) is 4.79 Å². The number of nitrogens with zero attached hydrogens (tertiary/aromatic N) is 3. The number of nitrogens with one attached hydrogen (secondary N) is 1. The van der Waals surface area contributed by atoms with Crippen molar-refractivity contribution in [3.05, 3.63) is 11.8 Å². The maximum absolute atomic E-state index is 12.2. The molecule has 7 heteroatoms. The lowest BCUT2D eigenvalue weighted by Gasteiger charge is -2.31. The van der Waals surface area contributed by atoms with Crippen LogP contribution in [-0.4, -0.2) is 47.4 Å². The summed E-state index contributed by atoms with van der Waals surface area (Å²) in [5, 5.41) is 10.8. The molecule has 0 radical (unpaired) electrons. The smallest absolute Gasteiger partial charge is 0.317 e. The first kappa shape index (κ1) is 14.3. The van der Waals surface area contributed by atoms with Gasteiger partial charge in [0, 0.05) is 20.0 Å². The molecule has 1 saturated heterocycles. The summed E-state index contributed by atoms with van der Waals surface area (Å²) < 4.78 is 11.0. The van der Waals surface area contributed by atoms with Crippen LogP contribution in [0.1, 0.15) is 43.6 Å². The summed E-state index contributed by atoms with van der Waals surface area (Å²) in [5.41, 5.74) is 0. The normalized spacial score (nSPS) is 23.5. The van der Waals surface area contributed by atoms with E-state index >= 15 is 0 Å². The number of carbonyl (C=O) groups is 1. The van der Waals surface area contributed by atoms with Gasteiger partial charge in [-0.3, -0.25) is 0 Å². The van der Waals surface area contributed by atoms with Crippen LogP contribution in [0.5, 0.6) is 0 Å². The topological polar surface area (TPSA) is 80.5 Å². The number of carbonyl (C=O) groups excluding carboxylic acids is 1. The first-order chi connectivity index (χ1) is 10.2. The zero-order valence-corrected chi connectivity index (χ0v) is 12.4. The van der Waals surface area contributed by atoms with Crippen LogP contribution in [0.15, 0.2) is 4.42 Å². The molecule has 1 aromatic heterocycles. The van der Waals surface area contributed by atoms with Crippen molar-refractivity contribution in [2.45, 2.75) is 38.7 Å². The molecule has 0 spiro atoms. The Labute approximate surface area is 124 Å². The molecule has 7 nitrogen and oxygen atoms in total. The van der Waals surface area contributed by atoms with Crippen molar-refractivity contribution in [2.75, 3.05) is 26.2 Å². The number of rotatable bonds is 3. The Morgan fingerprint density at radius 3 is 2.90 bits per heavy atom. The van der Waals surface area contributed by atoms with Gasteiger partial charge in [-0.15, -0.1) is 10.2 Å². The van der Waals surface area contributed by atoms with Gasteiger partial charge in [-0.2, -0.15) is 0 Å². The zero-order valence-electron chi connectivity index (χ0n) is 12.4. The summed E-state index contributed by atoms with van der Waals surface area (Å²) in [7, 11) is 0. The average molecular weight is 294 g/mol. The highest BCUT2D eigenvalue weighted by atomic mass is 16.5. The number of aryl methyl sites for hydroxylation is 1. The van der Waals surface area contributed by atoms with E-state index in [9.17, 15) is 4.79 Å². The van der Waals surface area contributed by atoms with Gasteiger partial charge in [-0.25, -0.2) is 4.79 Å². The Balaban J connectivity index is 1.51. The Morgan fingerprint density at radius 1 is 1.38 bits per heavy atom. The van der Waals surface area contributed by atoms with Crippen LogP contribution in [0.2, 0.25) is 0 Å². The summed E-state index contributed by atoms with van der Waals surface area (Å²) >= 11 is 0. The number of aromatic nitrogens is 2. The molecular formula is C14H22N4O3. The summed E-state index contributed by atoms with van der Waals surface area (Å²) in [6, 6.07) is -0.0218. The highest BCUT2D eigenvalue weighted by molar-refractivity contribution is 5.74. The SMILES string of the molecule is Cc1nnc(C2CN(C(=O)NCC3CCCC3)CCO2)o1. The minimum absolute atomic E-state index is 0.0218. The van der Waals surface area contributed by atoms with Crippen molar-refractivity contribution in [3.63, 3.8) is 0 Å². The van der Waals surface area contributed by atoms with Crippen molar-refractivity contribution in [1.29, 1.82) is 0 Å². The van der Waals surface area contributed by atoms with Gasteiger partial charge in [0.05, 0.1) is 13.2 Å². The van der Waals surface area contributed by atoms with Crippen molar-refractivity contribution in [1.82, 2.24) is 20.4 Å². The lowest BCUT2D eigenvalue weighted by atomic mass is 10.1. The summed E-state index contributed by atoms with van der Waals surface area (Å²) in [5.74, 6) is 1.60. The number of hydrogen-bond acceptors (Lipinski definition) is 5. The van der Waals surface area contributed by atoms with Gasteiger partial charge in [0.2, 0.25) is 11.8 Å². The molecule has 1 unspecified atom stereocenters. The molecule has 1 aliphatic heterocycles. The first-order valence-electron chi connectivity index (χ1n) is 7.67. The molecular weight excluding hydrogens is 272 g/mol. The molecule has 0 bridgehead atoms. The largest absolute Gasteiger partial charge is 0.423 e. The summed E-state index contributed by atoms with van der Waals surface area (Å²) in [6.45, 7) is 4.06. The second-order valence-corrected chi connectivity index (χ2v) is 5.80. The van der Waals surface area contributed by atoms with Crippen LogP contribution in [-0.2, 0) is 4.74 Å². The lowest BCUT2D eigenvalue weighted by Crippen LogP contribution is -2.48. The Bertz CT molecular complexity index is 484. The second-order valence-electron chi connectivity index (χ2n) is 5.80. The fourth-order valence-corrected chi connectivity index (χ4v) is 2.98. The van der Waals surface area contributed by atoms with E-state index < -0.39 is 0 Å². The molecule has 2 amide bonds. The molecule has 1 N–H and O–H groups in total. The van der Waals surface area contributed by atoms with Gasteiger partial charge in [-0.05, 0) is 18.8 Å². The highest BCUT2D eigenvalue weighted by Gasteiger charge is 2.29. The van der Waals surface area contributed by atoms with Crippen LogP contribution in [0, 0.1) is 12.8 Å². The molecule has 1 saturated carbocycles.